The molecule has 0 bridgehead atoms. The molecule has 0 saturated heterocycles. The summed E-state index contributed by atoms with van der Waals surface area (Å²) in [5, 5.41) is 0. The average Bonchev–Trinajstić information content (AvgIpc) is 1.79. The van der Waals surface area contributed by atoms with Crippen molar-refractivity contribution in [3.05, 3.63) is 0 Å². The summed E-state index contributed by atoms with van der Waals surface area (Å²) in [6, 6.07) is 0. The van der Waals surface area contributed by atoms with E-state index in [4.69, 9.17) is 0 Å². The van der Waals surface area contributed by atoms with Crippen LogP contribution < -0.4 is 4.72 Å². The van der Waals surface area contributed by atoms with Gasteiger partial charge >= 0.3 is 0 Å². The average molecular weight is 189 g/mol. The first-order valence-electron chi connectivity index (χ1n) is 3.15. The Balaban J connectivity index is 0. The number of thiol groups is 1. The fourth-order valence-corrected chi connectivity index (χ4v) is 0.906. The molecule has 0 atom stereocenters. The van der Waals surface area contributed by atoms with E-state index in [1.165, 1.54) is 0 Å². The molecule has 0 heterocycles. The Bertz CT molecular complexity index is 141. The van der Waals surface area contributed by atoms with E-state index in [1.54, 1.807) is 0 Å². The maximum absolute atomic E-state index is 9.96. The van der Waals surface area contributed by atoms with E-state index < -0.39 is 10.9 Å². The second-order valence-corrected chi connectivity index (χ2v) is 3.15. The van der Waals surface area contributed by atoms with Crippen LogP contribution in [0.25, 0.3) is 0 Å². The topological polar surface area (TPSA) is 49.4 Å². The van der Waals surface area contributed by atoms with Gasteiger partial charge in [-0.15, -0.1) is 0 Å². The van der Waals surface area contributed by atoms with E-state index in [0.29, 0.717) is 6.54 Å². The summed E-state index contributed by atoms with van der Waals surface area (Å²) in [7, 11) is 1.51. The third-order valence-corrected chi connectivity index (χ3v) is 1.50. The van der Waals surface area contributed by atoms with Gasteiger partial charge in [-0.05, 0) is 27.1 Å². The molecule has 0 aliphatic heterocycles. The zero-order valence-electron chi connectivity index (χ0n) is 7.33. The first kappa shape index (κ1) is 14.4. The van der Waals surface area contributed by atoms with Crippen LogP contribution in [0.3, 0.4) is 0 Å². The minimum absolute atomic E-state index is 0. The third kappa shape index (κ3) is 13.8. The minimum atomic E-state index is -2.40. The molecule has 0 amide bonds. The largest absolute Gasteiger partial charge is 0.309 e. The fraction of sp³-hybridized carbons (Fsp3) is 1.00. The van der Waals surface area contributed by atoms with Crippen LogP contribution in [0.4, 0.5) is 0 Å². The van der Waals surface area contributed by atoms with Crippen molar-refractivity contribution in [1.82, 2.24) is 9.62 Å². The molecule has 63 valence electrons. The monoisotopic (exact) mass is 189 g/mol. The van der Waals surface area contributed by atoms with E-state index in [1.807, 2.05) is 19.0 Å². The standard InChI is InChI=1S/C5H14N2O2S.Na/c1-7(2)5-3-4-6-10(8)9;/h10H,3-5H2,1-2H3,(H,6,8,9);. The summed E-state index contributed by atoms with van der Waals surface area (Å²) in [6.07, 6.45) is 0.857. The molecule has 0 unspecified atom stereocenters. The number of hydrogen-bond acceptors (Lipinski definition) is 3. The molecule has 0 saturated carbocycles. The van der Waals surface area contributed by atoms with E-state index in [0.717, 1.165) is 13.0 Å². The Hall–Kier alpha value is 0.870. The first-order valence-corrected chi connectivity index (χ1v) is 4.33. The Labute approximate surface area is 91.7 Å². The van der Waals surface area contributed by atoms with Crippen molar-refractivity contribution in [1.29, 1.82) is 0 Å². The number of rotatable bonds is 5. The van der Waals surface area contributed by atoms with Crippen LogP contribution in [0.15, 0.2) is 0 Å². The van der Waals surface area contributed by atoms with Crippen LogP contribution in [-0.2, 0) is 10.9 Å². The second kappa shape index (κ2) is 8.96. The molecule has 0 rings (SSSR count). The van der Waals surface area contributed by atoms with Gasteiger partial charge in [0.1, 0.15) is 0 Å². The van der Waals surface area contributed by atoms with Crippen LogP contribution in [0.1, 0.15) is 6.42 Å². The quantitative estimate of drug-likeness (QED) is 0.320. The maximum Gasteiger partial charge on any atom is 0.201 e. The maximum atomic E-state index is 9.96. The van der Waals surface area contributed by atoms with Crippen LogP contribution in [-0.4, -0.2) is 70.1 Å². The van der Waals surface area contributed by atoms with Crippen molar-refractivity contribution in [2.45, 2.75) is 6.42 Å². The van der Waals surface area contributed by atoms with Gasteiger partial charge in [0, 0.05) is 36.1 Å². The van der Waals surface area contributed by atoms with Crippen molar-refractivity contribution in [3.63, 3.8) is 0 Å². The van der Waals surface area contributed by atoms with Crippen molar-refractivity contribution < 1.29 is 8.42 Å². The molecule has 0 aromatic heterocycles. The van der Waals surface area contributed by atoms with Gasteiger partial charge in [0.15, 0.2) is 0 Å². The van der Waals surface area contributed by atoms with Gasteiger partial charge in [0.25, 0.3) is 0 Å². The Morgan fingerprint density at radius 2 is 1.91 bits per heavy atom. The van der Waals surface area contributed by atoms with Crippen molar-refractivity contribution in [2.75, 3.05) is 27.2 Å². The van der Waals surface area contributed by atoms with Crippen molar-refractivity contribution >= 4 is 40.4 Å². The van der Waals surface area contributed by atoms with E-state index in [9.17, 15) is 8.42 Å². The Morgan fingerprint density at radius 1 is 1.36 bits per heavy atom. The minimum Gasteiger partial charge on any atom is -0.309 e. The molecule has 4 nitrogen and oxygen atoms in total. The van der Waals surface area contributed by atoms with Gasteiger partial charge in [-0.2, -0.15) is 0 Å². The predicted molar refractivity (Wildman–Crippen MR) is 47.2 cm³/mol. The molecule has 1 radical (unpaired) electrons. The van der Waals surface area contributed by atoms with E-state index in [-0.39, 0.29) is 29.6 Å². The zero-order valence-corrected chi connectivity index (χ0v) is 10.2. The van der Waals surface area contributed by atoms with Crippen LogP contribution in [0.5, 0.6) is 0 Å². The van der Waals surface area contributed by atoms with E-state index in [2.05, 4.69) is 4.72 Å². The summed E-state index contributed by atoms with van der Waals surface area (Å²) in [5.41, 5.74) is 0. The third-order valence-electron chi connectivity index (χ3n) is 1.02. The molecule has 0 aromatic rings. The molecule has 0 spiro atoms. The smallest absolute Gasteiger partial charge is 0.201 e. The number of nitrogens with zero attached hydrogens (tertiary/aromatic N) is 1. The second-order valence-electron chi connectivity index (χ2n) is 2.32. The molecule has 6 heteroatoms. The van der Waals surface area contributed by atoms with Crippen LogP contribution >= 0.6 is 0 Å². The van der Waals surface area contributed by atoms with Crippen LogP contribution in [0, 0.1) is 0 Å². The summed E-state index contributed by atoms with van der Waals surface area (Å²) in [5.74, 6) is 0. The molecule has 0 aliphatic carbocycles. The van der Waals surface area contributed by atoms with E-state index >= 15 is 0 Å². The van der Waals surface area contributed by atoms with Crippen molar-refractivity contribution in [2.24, 2.45) is 0 Å². The molecule has 0 fully saturated rings. The van der Waals surface area contributed by atoms with Gasteiger partial charge in [0.2, 0.25) is 10.9 Å². The number of hydrogen-bond donors (Lipinski definition) is 2. The SMILES string of the molecule is CN(C)CCCN[SH](=O)=O.[Na]. The zero-order chi connectivity index (χ0) is 7.98. The van der Waals surface area contributed by atoms with Gasteiger partial charge < -0.3 is 4.90 Å². The summed E-state index contributed by atoms with van der Waals surface area (Å²) >= 11 is 0. The van der Waals surface area contributed by atoms with Gasteiger partial charge in [-0.3, -0.25) is 0 Å². The predicted octanol–water partition coefficient (Wildman–Crippen LogP) is -1.33. The Kier molecular flexibility index (Phi) is 11.7. The summed E-state index contributed by atoms with van der Waals surface area (Å²) in [4.78, 5) is 2.01. The fourth-order valence-electron chi connectivity index (χ4n) is 0.566. The molecule has 1 N–H and O–H groups in total. The summed E-state index contributed by atoms with van der Waals surface area (Å²) < 4.78 is 22.2. The van der Waals surface area contributed by atoms with Crippen LogP contribution in [0.2, 0.25) is 0 Å². The molecule has 0 aliphatic rings. The Morgan fingerprint density at radius 3 is 2.27 bits per heavy atom. The molecule has 0 aromatic carbocycles. The summed E-state index contributed by atoms with van der Waals surface area (Å²) in [6.45, 7) is 1.45. The van der Waals surface area contributed by atoms with Crippen molar-refractivity contribution in [3.8, 4) is 0 Å². The van der Waals surface area contributed by atoms with Gasteiger partial charge in [-0.25, -0.2) is 13.1 Å². The number of nitrogens with one attached hydrogen (secondary N) is 1. The molecule has 11 heavy (non-hydrogen) atoms. The molecular formula is C5H14N2NaO2S. The van der Waals surface area contributed by atoms with Gasteiger partial charge in [0.05, 0.1) is 0 Å². The molecular weight excluding hydrogens is 175 g/mol. The van der Waals surface area contributed by atoms with Gasteiger partial charge in [-0.1, -0.05) is 0 Å². The first-order chi connectivity index (χ1) is 4.63. The normalized spacial score (nSPS) is 10.2.